The van der Waals surface area contributed by atoms with Crippen molar-refractivity contribution in [2.45, 2.75) is 77.5 Å². The molecule has 4 heteroatoms. The summed E-state index contributed by atoms with van der Waals surface area (Å²) in [6.45, 7) is 15.2. The van der Waals surface area contributed by atoms with Gasteiger partial charge in [-0.1, -0.05) is 26.3 Å². The highest BCUT2D eigenvalue weighted by atomic mass is 28.4. The van der Waals surface area contributed by atoms with Crippen LogP contribution in [0.2, 0.25) is 18.1 Å². The lowest BCUT2D eigenvalue weighted by molar-refractivity contribution is 0.0656. The largest absolute Gasteiger partial charge is 0.388 e. The minimum atomic E-state index is -1.78. The third kappa shape index (κ3) is 4.17. The van der Waals surface area contributed by atoms with E-state index in [1.165, 1.54) is 0 Å². The van der Waals surface area contributed by atoms with E-state index in [1.54, 1.807) is 6.08 Å². The van der Waals surface area contributed by atoms with Crippen LogP contribution in [0, 0.1) is 11.3 Å². The maximum atomic E-state index is 8.59. The van der Waals surface area contributed by atoms with Crippen LogP contribution in [0.3, 0.4) is 0 Å². The Morgan fingerprint density at radius 2 is 2.05 bits per heavy atom. The Labute approximate surface area is 118 Å². The fourth-order valence-electron chi connectivity index (χ4n) is 1.86. The van der Waals surface area contributed by atoms with Gasteiger partial charge in [0.1, 0.15) is 6.10 Å². The average molecular weight is 281 g/mol. The smallest absolute Gasteiger partial charge is 0.195 e. The summed E-state index contributed by atoms with van der Waals surface area (Å²) in [5.41, 5.74) is 1.10. The molecule has 0 spiro atoms. The van der Waals surface area contributed by atoms with Gasteiger partial charge in [-0.3, -0.25) is 0 Å². The Morgan fingerprint density at radius 1 is 1.47 bits per heavy atom. The first-order chi connectivity index (χ1) is 8.52. The SMILES string of the molecule is C/C(=C\C#N)CCC1OC1(C)O[Si](C)(C)C(C)(C)C. The van der Waals surface area contributed by atoms with E-state index in [2.05, 4.69) is 39.9 Å². The number of hydrogen-bond donors (Lipinski definition) is 0. The molecule has 0 radical (unpaired) electrons. The van der Waals surface area contributed by atoms with Crippen molar-refractivity contribution in [3.63, 3.8) is 0 Å². The van der Waals surface area contributed by atoms with E-state index in [0.29, 0.717) is 0 Å². The molecule has 0 aromatic heterocycles. The molecule has 108 valence electrons. The Balaban J connectivity index is 2.51. The van der Waals surface area contributed by atoms with Crippen LogP contribution in [-0.4, -0.2) is 20.2 Å². The summed E-state index contributed by atoms with van der Waals surface area (Å²) in [5.74, 6) is -0.407. The van der Waals surface area contributed by atoms with Crippen LogP contribution in [0.4, 0.5) is 0 Å². The number of hydrogen-bond acceptors (Lipinski definition) is 3. The molecule has 0 bridgehead atoms. The molecular formula is C15H27NO2Si. The molecule has 1 heterocycles. The second-order valence-corrected chi connectivity index (χ2v) is 11.9. The number of nitriles is 1. The van der Waals surface area contributed by atoms with Crippen molar-refractivity contribution in [2.75, 3.05) is 0 Å². The van der Waals surface area contributed by atoms with Gasteiger partial charge >= 0.3 is 0 Å². The van der Waals surface area contributed by atoms with E-state index in [0.717, 1.165) is 18.4 Å². The van der Waals surface area contributed by atoms with Crippen molar-refractivity contribution < 1.29 is 9.16 Å². The molecule has 19 heavy (non-hydrogen) atoms. The van der Waals surface area contributed by atoms with E-state index in [4.69, 9.17) is 14.4 Å². The molecule has 0 aliphatic carbocycles. The molecule has 0 N–H and O–H groups in total. The second-order valence-electron chi connectivity index (χ2n) is 7.14. The van der Waals surface area contributed by atoms with Gasteiger partial charge < -0.3 is 9.16 Å². The summed E-state index contributed by atoms with van der Waals surface area (Å²) in [6.07, 6.45) is 3.60. The predicted octanol–water partition coefficient (Wildman–Crippen LogP) is 4.37. The highest BCUT2D eigenvalue weighted by molar-refractivity contribution is 6.74. The standard InChI is InChI=1S/C15H27NO2Si/c1-12(10-11-16)8-9-13-15(5,17-13)18-19(6,7)14(2,3)4/h10,13H,8-9H2,1-7H3/b12-10+. The van der Waals surface area contributed by atoms with E-state index in [1.807, 2.05) is 13.8 Å². The van der Waals surface area contributed by atoms with Crippen molar-refractivity contribution in [3.8, 4) is 6.07 Å². The molecule has 1 saturated heterocycles. The van der Waals surface area contributed by atoms with Gasteiger partial charge in [-0.15, -0.1) is 0 Å². The van der Waals surface area contributed by atoms with E-state index in [9.17, 15) is 0 Å². The first kappa shape index (κ1) is 16.4. The van der Waals surface area contributed by atoms with Crippen molar-refractivity contribution in [1.82, 2.24) is 0 Å². The number of nitrogens with zero attached hydrogens (tertiary/aromatic N) is 1. The van der Waals surface area contributed by atoms with Gasteiger partial charge in [0.05, 0.1) is 6.07 Å². The summed E-state index contributed by atoms with van der Waals surface area (Å²) < 4.78 is 12.1. The molecule has 0 amide bonds. The molecule has 0 aromatic rings. The molecule has 2 unspecified atom stereocenters. The van der Waals surface area contributed by atoms with Crippen molar-refractivity contribution in [2.24, 2.45) is 0 Å². The molecule has 2 atom stereocenters. The number of rotatable bonds is 5. The Hall–Kier alpha value is -0.633. The molecule has 0 aromatic carbocycles. The fraction of sp³-hybridized carbons (Fsp3) is 0.800. The normalized spacial score (nSPS) is 28.1. The molecule has 1 rings (SSSR count). The zero-order valence-corrected chi connectivity index (χ0v) is 14.3. The molecule has 3 nitrogen and oxygen atoms in total. The lowest BCUT2D eigenvalue weighted by atomic mass is 10.1. The molecule has 1 fully saturated rings. The van der Waals surface area contributed by atoms with Gasteiger partial charge in [0, 0.05) is 6.08 Å². The van der Waals surface area contributed by atoms with Crippen LogP contribution in [-0.2, 0) is 9.16 Å². The van der Waals surface area contributed by atoms with Crippen LogP contribution < -0.4 is 0 Å². The Bertz CT molecular complexity index is 403. The first-order valence-corrected chi connectivity index (χ1v) is 9.86. The van der Waals surface area contributed by atoms with Gasteiger partial charge in [-0.25, -0.2) is 0 Å². The summed E-state index contributed by atoms with van der Waals surface area (Å²) in [4.78, 5) is 0. The predicted molar refractivity (Wildman–Crippen MR) is 80.2 cm³/mol. The fourth-order valence-corrected chi connectivity index (χ4v) is 3.36. The molecular weight excluding hydrogens is 254 g/mol. The van der Waals surface area contributed by atoms with Gasteiger partial charge in [-0.05, 0) is 44.8 Å². The Morgan fingerprint density at radius 3 is 2.53 bits per heavy atom. The quantitative estimate of drug-likeness (QED) is 0.427. The van der Waals surface area contributed by atoms with Crippen LogP contribution in [0.25, 0.3) is 0 Å². The minimum absolute atomic E-state index is 0.170. The average Bonchev–Trinajstić information content (AvgIpc) is 2.83. The van der Waals surface area contributed by atoms with Gasteiger partial charge in [-0.2, -0.15) is 5.26 Å². The van der Waals surface area contributed by atoms with Crippen LogP contribution in [0.5, 0.6) is 0 Å². The summed E-state index contributed by atoms with van der Waals surface area (Å²) >= 11 is 0. The zero-order valence-electron chi connectivity index (χ0n) is 13.3. The maximum absolute atomic E-state index is 8.59. The molecule has 0 saturated carbocycles. The number of ether oxygens (including phenoxy) is 1. The highest BCUT2D eigenvalue weighted by Crippen LogP contribution is 2.47. The lowest BCUT2D eigenvalue weighted by Gasteiger charge is -2.37. The van der Waals surface area contributed by atoms with E-state index >= 15 is 0 Å². The van der Waals surface area contributed by atoms with Crippen molar-refractivity contribution in [1.29, 1.82) is 5.26 Å². The monoisotopic (exact) mass is 281 g/mol. The van der Waals surface area contributed by atoms with Crippen LogP contribution in [0.15, 0.2) is 11.6 Å². The zero-order chi connectivity index (χ0) is 14.9. The summed E-state index contributed by atoms with van der Waals surface area (Å²) in [6, 6.07) is 2.06. The number of allylic oxidation sites excluding steroid dienone is 2. The number of epoxide rings is 1. The topological polar surface area (TPSA) is 45.5 Å². The van der Waals surface area contributed by atoms with Crippen LogP contribution >= 0.6 is 0 Å². The molecule has 1 aliphatic rings. The van der Waals surface area contributed by atoms with Gasteiger partial charge in [0.2, 0.25) is 0 Å². The highest BCUT2D eigenvalue weighted by Gasteiger charge is 2.57. The third-order valence-electron chi connectivity index (χ3n) is 4.28. The summed E-state index contributed by atoms with van der Waals surface area (Å²) in [7, 11) is -1.78. The maximum Gasteiger partial charge on any atom is 0.195 e. The second kappa shape index (κ2) is 5.39. The lowest BCUT2D eigenvalue weighted by Crippen LogP contribution is -2.45. The van der Waals surface area contributed by atoms with E-state index in [-0.39, 0.29) is 11.1 Å². The minimum Gasteiger partial charge on any atom is -0.388 e. The third-order valence-corrected chi connectivity index (χ3v) is 8.81. The van der Waals surface area contributed by atoms with E-state index < -0.39 is 14.1 Å². The van der Waals surface area contributed by atoms with Gasteiger partial charge in [0.25, 0.3) is 0 Å². The Kier molecular flexibility index (Phi) is 4.66. The first-order valence-electron chi connectivity index (χ1n) is 6.95. The van der Waals surface area contributed by atoms with Gasteiger partial charge in [0.15, 0.2) is 14.1 Å². The van der Waals surface area contributed by atoms with Crippen LogP contribution in [0.1, 0.15) is 47.5 Å². The summed E-state index contributed by atoms with van der Waals surface area (Å²) in [5, 5.41) is 8.78. The van der Waals surface area contributed by atoms with Crippen molar-refractivity contribution in [3.05, 3.63) is 11.6 Å². The van der Waals surface area contributed by atoms with Crippen molar-refractivity contribution >= 4 is 8.32 Å². The molecule has 1 aliphatic heterocycles.